The van der Waals surface area contributed by atoms with E-state index in [-0.39, 0.29) is 11.3 Å². The van der Waals surface area contributed by atoms with Crippen molar-refractivity contribution in [1.29, 1.82) is 0 Å². The Bertz CT molecular complexity index is 619. The Hall–Kier alpha value is -2.23. The summed E-state index contributed by atoms with van der Waals surface area (Å²) >= 11 is 0. The molecule has 16 heavy (non-hydrogen) atoms. The van der Waals surface area contributed by atoms with E-state index in [1.807, 2.05) is 6.07 Å². The number of rotatable bonds is 2. The Morgan fingerprint density at radius 3 is 2.31 bits per heavy atom. The smallest absolute Gasteiger partial charge is 0.236 e. The van der Waals surface area contributed by atoms with Gasteiger partial charge in [0.1, 0.15) is 0 Å². The molecule has 0 bridgehead atoms. The molecule has 0 saturated heterocycles. The SMILES string of the molecule is CC(=NO)c1c(-c2ccccc2)c(=O)c1=O. The van der Waals surface area contributed by atoms with Gasteiger partial charge in [-0.15, -0.1) is 0 Å². The van der Waals surface area contributed by atoms with Gasteiger partial charge in [0.15, 0.2) is 0 Å². The van der Waals surface area contributed by atoms with Gasteiger partial charge in [-0.2, -0.15) is 0 Å². The summed E-state index contributed by atoms with van der Waals surface area (Å²) in [6.45, 7) is 1.49. The minimum absolute atomic E-state index is 0.170. The van der Waals surface area contributed by atoms with Crippen LogP contribution in [0, 0.1) is 0 Å². The molecule has 0 saturated carbocycles. The van der Waals surface area contributed by atoms with Gasteiger partial charge in [0, 0.05) is 5.56 Å². The second-order valence-corrected chi connectivity index (χ2v) is 3.46. The molecule has 2 aromatic rings. The molecule has 0 amide bonds. The van der Waals surface area contributed by atoms with E-state index in [0.29, 0.717) is 11.1 Å². The summed E-state index contributed by atoms with van der Waals surface area (Å²) in [6.07, 6.45) is 0. The fourth-order valence-corrected chi connectivity index (χ4v) is 1.67. The van der Waals surface area contributed by atoms with Crippen LogP contribution in [0.4, 0.5) is 0 Å². The third-order valence-electron chi connectivity index (χ3n) is 2.48. The fraction of sp³-hybridized carbons (Fsp3) is 0.0833. The highest BCUT2D eigenvalue weighted by molar-refractivity contribution is 6.05. The highest BCUT2D eigenvalue weighted by Crippen LogP contribution is 2.19. The maximum absolute atomic E-state index is 11.4. The van der Waals surface area contributed by atoms with Gasteiger partial charge in [-0.1, -0.05) is 35.5 Å². The van der Waals surface area contributed by atoms with Gasteiger partial charge in [-0.3, -0.25) is 9.59 Å². The van der Waals surface area contributed by atoms with Crippen molar-refractivity contribution in [2.45, 2.75) is 6.92 Å². The van der Waals surface area contributed by atoms with E-state index in [1.165, 1.54) is 6.92 Å². The van der Waals surface area contributed by atoms with Crippen LogP contribution < -0.4 is 10.9 Å². The van der Waals surface area contributed by atoms with Crippen LogP contribution in [0.25, 0.3) is 11.1 Å². The average molecular weight is 215 g/mol. The Morgan fingerprint density at radius 1 is 1.12 bits per heavy atom. The molecule has 0 unspecified atom stereocenters. The molecule has 0 spiro atoms. The van der Waals surface area contributed by atoms with Crippen molar-refractivity contribution >= 4 is 5.71 Å². The molecule has 0 aliphatic rings. The molecule has 0 aliphatic heterocycles. The van der Waals surface area contributed by atoms with Gasteiger partial charge in [0.25, 0.3) is 0 Å². The van der Waals surface area contributed by atoms with Crippen molar-refractivity contribution in [2.75, 3.05) is 0 Å². The Morgan fingerprint density at radius 2 is 1.75 bits per heavy atom. The summed E-state index contributed by atoms with van der Waals surface area (Å²) in [6, 6.07) is 8.86. The van der Waals surface area contributed by atoms with E-state index < -0.39 is 10.9 Å². The molecule has 4 heteroatoms. The number of oxime groups is 1. The summed E-state index contributed by atoms with van der Waals surface area (Å²) in [5, 5.41) is 11.6. The zero-order valence-corrected chi connectivity index (χ0v) is 8.60. The first-order chi connectivity index (χ1) is 7.66. The highest BCUT2D eigenvalue weighted by Gasteiger charge is 2.23. The van der Waals surface area contributed by atoms with Gasteiger partial charge >= 0.3 is 0 Å². The number of hydrogen-bond donors (Lipinski definition) is 1. The third-order valence-corrected chi connectivity index (χ3v) is 2.48. The number of benzene rings is 1. The van der Waals surface area contributed by atoms with Crippen LogP contribution >= 0.6 is 0 Å². The van der Waals surface area contributed by atoms with E-state index >= 15 is 0 Å². The minimum atomic E-state index is -0.589. The summed E-state index contributed by atoms with van der Waals surface area (Å²) in [4.78, 5) is 22.8. The zero-order valence-electron chi connectivity index (χ0n) is 8.60. The van der Waals surface area contributed by atoms with Crippen molar-refractivity contribution in [3.8, 4) is 11.1 Å². The molecule has 0 atom stereocenters. The molecular weight excluding hydrogens is 206 g/mol. The predicted octanol–water partition coefficient (Wildman–Crippen LogP) is 1.15. The maximum Gasteiger partial charge on any atom is 0.236 e. The second-order valence-electron chi connectivity index (χ2n) is 3.46. The molecule has 0 aromatic heterocycles. The van der Waals surface area contributed by atoms with Crippen LogP contribution in [-0.4, -0.2) is 10.9 Å². The molecule has 2 aromatic carbocycles. The minimum Gasteiger partial charge on any atom is -0.411 e. The molecule has 2 rings (SSSR count). The van der Waals surface area contributed by atoms with E-state index in [0.717, 1.165) is 0 Å². The summed E-state index contributed by atoms with van der Waals surface area (Å²) in [5.41, 5.74) is 0.270. The monoisotopic (exact) mass is 215 g/mol. The van der Waals surface area contributed by atoms with Crippen molar-refractivity contribution in [3.63, 3.8) is 0 Å². The van der Waals surface area contributed by atoms with E-state index in [2.05, 4.69) is 5.16 Å². The van der Waals surface area contributed by atoms with Crippen LogP contribution in [-0.2, 0) is 0 Å². The van der Waals surface area contributed by atoms with E-state index in [4.69, 9.17) is 5.21 Å². The normalized spacial score (nSPS) is 11.9. The van der Waals surface area contributed by atoms with Crippen molar-refractivity contribution < 1.29 is 5.21 Å². The molecule has 4 nitrogen and oxygen atoms in total. The first-order valence-corrected chi connectivity index (χ1v) is 4.74. The lowest BCUT2D eigenvalue weighted by Gasteiger charge is -2.09. The Kier molecular flexibility index (Phi) is 2.40. The molecular formula is C12H9NO3. The standard InChI is InChI=1S/C12H9NO3/c1-7(13-16)9-10(12(15)11(9)14)8-5-3-2-4-6-8/h2-6,16H,1H3. The largest absolute Gasteiger partial charge is 0.411 e. The lowest BCUT2D eigenvalue weighted by atomic mass is 9.91. The molecule has 0 radical (unpaired) electrons. The van der Waals surface area contributed by atoms with Crippen LogP contribution in [0.5, 0.6) is 0 Å². The van der Waals surface area contributed by atoms with Crippen LogP contribution in [0.2, 0.25) is 0 Å². The number of nitrogens with zero attached hydrogens (tertiary/aromatic N) is 1. The zero-order chi connectivity index (χ0) is 11.7. The fourth-order valence-electron chi connectivity index (χ4n) is 1.67. The van der Waals surface area contributed by atoms with Crippen molar-refractivity contribution in [2.24, 2.45) is 5.16 Å². The van der Waals surface area contributed by atoms with Crippen molar-refractivity contribution in [3.05, 3.63) is 56.3 Å². The Balaban J connectivity index is 2.65. The third kappa shape index (κ3) is 1.35. The first kappa shape index (κ1) is 10.3. The molecule has 0 aliphatic carbocycles. The highest BCUT2D eigenvalue weighted by atomic mass is 16.4. The van der Waals surface area contributed by atoms with Crippen LogP contribution in [0.15, 0.2) is 45.1 Å². The molecule has 80 valence electrons. The summed E-state index contributed by atoms with van der Waals surface area (Å²) in [5.74, 6) is 0. The number of hydrogen-bond acceptors (Lipinski definition) is 4. The van der Waals surface area contributed by atoms with Crippen LogP contribution in [0.3, 0.4) is 0 Å². The molecule has 0 fully saturated rings. The molecule has 0 heterocycles. The first-order valence-electron chi connectivity index (χ1n) is 4.74. The second kappa shape index (κ2) is 3.73. The lowest BCUT2D eigenvalue weighted by molar-refractivity contribution is 0.319. The quantitative estimate of drug-likeness (QED) is 0.353. The molecule has 1 N–H and O–H groups in total. The van der Waals surface area contributed by atoms with Gasteiger partial charge in [-0.25, -0.2) is 0 Å². The maximum atomic E-state index is 11.4. The van der Waals surface area contributed by atoms with Gasteiger partial charge in [-0.05, 0) is 12.5 Å². The summed E-state index contributed by atoms with van der Waals surface area (Å²) in [7, 11) is 0. The Labute approximate surface area is 91.2 Å². The van der Waals surface area contributed by atoms with Gasteiger partial charge in [0.2, 0.25) is 10.9 Å². The van der Waals surface area contributed by atoms with Crippen molar-refractivity contribution in [1.82, 2.24) is 0 Å². The van der Waals surface area contributed by atoms with E-state index in [9.17, 15) is 9.59 Å². The van der Waals surface area contributed by atoms with Gasteiger partial charge < -0.3 is 5.21 Å². The predicted molar refractivity (Wildman–Crippen MR) is 60.8 cm³/mol. The van der Waals surface area contributed by atoms with Crippen LogP contribution in [0.1, 0.15) is 12.5 Å². The van der Waals surface area contributed by atoms with Gasteiger partial charge in [0.05, 0.1) is 11.3 Å². The summed E-state index contributed by atoms with van der Waals surface area (Å²) < 4.78 is 0. The van der Waals surface area contributed by atoms with E-state index in [1.54, 1.807) is 24.3 Å². The lowest BCUT2D eigenvalue weighted by Crippen LogP contribution is -2.39. The topological polar surface area (TPSA) is 66.7 Å². The average Bonchev–Trinajstić information content (AvgIpc) is 2.34.